The number of thioether (sulfide) groups is 1. The molecule has 2 aromatic heterocycles. The number of carbonyl (C=O) groups excluding carboxylic acids is 1. The van der Waals surface area contributed by atoms with Crippen molar-refractivity contribution in [3.63, 3.8) is 0 Å². The van der Waals surface area contributed by atoms with Crippen LogP contribution in [0.3, 0.4) is 0 Å². The van der Waals surface area contributed by atoms with Gasteiger partial charge in [-0.3, -0.25) is 4.79 Å². The summed E-state index contributed by atoms with van der Waals surface area (Å²) in [7, 11) is 0. The van der Waals surface area contributed by atoms with Gasteiger partial charge in [0, 0.05) is 63.1 Å². The number of esters is 1. The summed E-state index contributed by atoms with van der Waals surface area (Å²) in [5, 5.41) is 5.28. The van der Waals surface area contributed by atoms with Gasteiger partial charge >= 0.3 is 5.97 Å². The molecule has 0 aliphatic carbocycles. The van der Waals surface area contributed by atoms with Gasteiger partial charge < -0.3 is 14.0 Å². The molecule has 2 heterocycles. The van der Waals surface area contributed by atoms with Gasteiger partial charge in [-0.05, 0) is 96.6 Å². The fraction of sp³-hybridized carbons (Fsp3) is 0.303. The maximum absolute atomic E-state index is 12.1. The molecule has 0 radical (unpaired) electrons. The number of rotatable bonds is 13. The Balaban J connectivity index is 1.43. The highest BCUT2D eigenvalue weighted by atomic mass is 35.5. The van der Waals surface area contributed by atoms with E-state index in [4.69, 9.17) is 21.1 Å². The Kier molecular flexibility index (Phi) is 9.87. The topological polar surface area (TPSA) is 40.5 Å². The van der Waals surface area contributed by atoms with Crippen LogP contribution in [0.25, 0.3) is 21.8 Å². The molecule has 0 amide bonds. The lowest BCUT2D eigenvalue weighted by molar-refractivity contribution is -0.147. The Hall–Kier alpha value is -2.77. The molecule has 1 unspecified atom stereocenters. The van der Waals surface area contributed by atoms with Crippen LogP contribution >= 0.6 is 34.7 Å². The molecular weight excluding hydrogens is 558 g/mol. The first-order valence-electron chi connectivity index (χ1n) is 13.7. The quantitative estimate of drug-likeness (QED) is 0.0777. The molecule has 4 nitrogen and oxygen atoms in total. The molecule has 0 saturated carbocycles. The Morgan fingerprint density at radius 3 is 2.52 bits per heavy atom. The van der Waals surface area contributed by atoms with Crippen LogP contribution in [0.5, 0.6) is 0 Å². The van der Waals surface area contributed by atoms with Crippen molar-refractivity contribution >= 4 is 62.5 Å². The van der Waals surface area contributed by atoms with Crippen molar-refractivity contribution in [2.75, 3.05) is 19.0 Å². The van der Waals surface area contributed by atoms with Gasteiger partial charge in [0.15, 0.2) is 0 Å². The third-order valence-electron chi connectivity index (χ3n) is 6.95. The number of carbonyl (C=O) groups is 1. The lowest BCUT2D eigenvalue weighted by Crippen LogP contribution is -2.09. The van der Waals surface area contributed by atoms with Gasteiger partial charge in [0.05, 0.1) is 6.61 Å². The molecule has 3 aromatic carbocycles. The number of aromatic nitrogens is 1. The van der Waals surface area contributed by atoms with Crippen molar-refractivity contribution < 1.29 is 14.3 Å². The second-order valence-electron chi connectivity index (χ2n) is 9.78. The zero-order chi connectivity index (χ0) is 27.9. The number of ether oxygens (including phenoxy) is 2. The molecule has 0 spiro atoms. The van der Waals surface area contributed by atoms with E-state index in [1.807, 2.05) is 31.2 Å². The molecule has 208 valence electrons. The lowest BCUT2D eigenvalue weighted by atomic mass is 10.0. The number of thiophene rings is 1. The van der Waals surface area contributed by atoms with Gasteiger partial charge in [-0.15, -0.1) is 23.1 Å². The molecule has 0 N–H and O–H groups in total. The molecule has 0 aliphatic heterocycles. The van der Waals surface area contributed by atoms with Gasteiger partial charge in [0.25, 0.3) is 0 Å². The summed E-state index contributed by atoms with van der Waals surface area (Å²) in [4.78, 5) is 14.6. The molecule has 0 aliphatic rings. The van der Waals surface area contributed by atoms with Crippen LogP contribution in [0.15, 0.2) is 83.1 Å². The van der Waals surface area contributed by atoms with Crippen LogP contribution in [0, 0.1) is 0 Å². The number of halogens is 1. The average molecular weight is 592 g/mol. The fourth-order valence-corrected chi connectivity index (χ4v) is 6.86. The van der Waals surface area contributed by atoms with E-state index in [2.05, 4.69) is 58.5 Å². The van der Waals surface area contributed by atoms with Gasteiger partial charge in [-0.2, -0.15) is 0 Å². The summed E-state index contributed by atoms with van der Waals surface area (Å²) in [6.07, 6.45) is 2.31. The van der Waals surface area contributed by atoms with E-state index in [1.165, 1.54) is 44.1 Å². The standard InChI is InChI=1S/C33H34ClNO3S2/c1-3-37-17-16-35-31-14-8-24(20-28-6-4-18-40-28)21-29(31)30-22-25(9-15-32(30)35)33(38-23(2)36)7-5-19-39-27-12-10-26(34)11-13-27/h4,6,8-15,18,21-22,33H,3,5,7,16-17,19-20H2,1-2H3. The minimum absolute atomic E-state index is 0.257. The SMILES string of the molecule is CCOCCn1c2ccc(Cc3cccs3)cc2c2cc(C(CCCSc3ccc(Cl)cc3)OC(C)=O)ccc21. The predicted molar refractivity (Wildman–Crippen MR) is 169 cm³/mol. The van der Waals surface area contributed by atoms with E-state index in [9.17, 15) is 4.79 Å². The van der Waals surface area contributed by atoms with E-state index < -0.39 is 0 Å². The summed E-state index contributed by atoms with van der Waals surface area (Å²) >= 11 is 9.60. The van der Waals surface area contributed by atoms with Crippen molar-refractivity contribution in [2.24, 2.45) is 0 Å². The van der Waals surface area contributed by atoms with Gasteiger partial charge in [-0.1, -0.05) is 29.8 Å². The first-order chi connectivity index (χ1) is 19.5. The largest absolute Gasteiger partial charge is 0.458 e. The molecule has 5 aromatic rings. The van der Waals surface area contributed by atoms with Crippen molar-refractivity contribution in [3.8, 4) is 0 Å². The lowest BCUT2D eigenvalue weighted by Gasteiger charge is -2.18. The molecular formula is C33H34ClNO3S2. The van der Waals surface area contributed by atoms with E-state index >= 15 is 0 Å². The molecule has 0 fully saturated rings. The van der Waals surface area contributed by atoms with Crippen molar-refractivity contribution in [1.29, 1.82) is 0 Å². The number of fused-ring (bicyclic) bond motifs is 3. The summed E-state index contributed by atoms with van der Waals surface area (Å²) in [6, 6.07) is 25.5. The molecule has 0 bridgehead atoms. The van der Waals surface area contributed by atoms with E-state index in [0.29, 0.717) is 13.2 Å². The first-order valence-corrected chi connectivity index (χ1v) is 16.0. The minimum atomic E-state index is -0.288. The highest BCUT2D eigenvalue weighted by molar-refractivity contribution is 7.99. The number of benzene rings is 3. The Labute approximate surface area is 249 Å². The van der Waals surface area contributed by atoms with Crippen LogP contribution in [-0.2, 0) is 27.2 Å². The molecule has 5 rings (SSSR count). The van der Waals surface area contributed by atoms with E-state index in [1.54, 1.807) is 23.1 Å². The maximum Gasteiger partial charge on any atom is 0.303 e. The monoisotopic (exact) mass is 591 g/mol. The second-order valence-corrected chi connectivity index (χ2v) is 12.4. The first kappa shape index (κ1) is 28.7. The molecule has 7 heteroatoms. The zero-order valence-electron chi connectivity index (χ0n) is 22.9. The molecule has 40 heavy (non-hydrogen) atoms. The Morgan fingerprint density at radius 2 is 1.80 bits per heavy atom. The second kappa shape index (κ2) is 13.7. The van der Waals surface area contributed by atoms with E-state index in [0.717, 1.165) is 42.1 Å². The number of hydrogen-bond acceptors (Lipinski definition) is 5. The summed E-state index contributed by atoms with van der Waals surface area (Å²) in [5.74, 6) is 0.678. The number of hydrogen-bond donors (Lipinski definition) is 0. The van der Waals surface area contributed by atoms with Gasteiger partial charge in [-0.25, -0.2) is 0 Å². The molecule has 1 atom stereocenters. The highest BCUT2D eigenvalue weighted by Gasteiger charge is 2.18. The summed E-state index contributed by atoms with van der Waals surface area (Å²) in [5.41, 5.74) is 4.70. The normalized spacial score (nSPS) is 12.3. The zero-order valence-corrected chi connectivity index (χ0v) is 25.3. The van der Waals surface area contributed by atoms with Crippen molar-refractivity contribution in [1.82, 2.24) is 4.57 Å². The highest BCUT2D eigenvalue weighted by Crippen LogP contribution is 2.35. The van der Waals surface area contributed by atoms with E-state index in [-0.39, 0.29) is 12.1 Å². The third kappa shape index (κ3) is 7.10. The maximum atomic E-state index is 12.1. The smallest absolute Gasteiger partial charge is 0.303 e. The number of nitrogens with zero attached hydrogens (tertiary/aromatic N) is 1. The van der Waals surface area contributed by atoms with Crippen LogP contribution in [0.4, 0.5) is 0 Å². The Morgan fingerprint density at radius 1 is 1.02 bits per heavy atom. The minimum Gasteiger partial charge on any atom is -0.458 e. The van der Waals surface area contributed by atoms with Gasteiger partial charge in [0.1, 0.15) is 6.10 Å². The predicted octanol–water partition coefficient (Wildman–Crippen LogP) is 9.31. The van der Waals surface area contributed by atoms with Crippen molar-refractivity contribution in [3.05, 3.63) is 99.2 Å². The van der Waals surface area contributed by atoms with Crippen molar-refractivity contribution in [2.45, 2.75) is 50.7 Å². The third-order valence-corrected chi connectivity index (χ3v) is 9.17. The van der Waals surface area contributed by atoms with Crippen LogP contribution in [0.1, 0.15) is 48.8 Å². The average Bonchev–Trinajstić information content (AvgIpc) is 3.57. The molecule has 0 saturated heterocycles. The Bertz CT molecular complexity index is 1560. The fourth-order valence-electron chi connectivity index (χ4n) is 5.12. The van der Waals surface area contributed by atoms with Crippen LogP contribution < -0.4 is 0 Å². The summed E-state index contributed by atoms with van der Waals surface area (Å²) < 4.78 is 13.9. The van der Waals surface area contributed by atoms with Crippen LogP contribution in [-0.4, -0.2) is 29.5 Å². The van der Waals surface area contributed by atoms with Crippen LogP contribution in [0.2, 0.25) is 5.02 Å². The van der Waals surface area contributed by atoms with Gasteiger partial charge in [0.2, 0.25) is 0 Å². The summed E-state index contributed by atoms with van der Waals surface area (Å²) in [6.45, 7) is 5.66.